The van der Waals surface area contributed by atoms with Crippen molar-refractivity contribution in [1.82, 2.24) is 0 Å². The highest BCUT2D eigenvalue weighted by atomic mass is 16.1. The van der Waals surface area contributed by atoms with Gasteiger partial charge in [0.2, 0.25) is 0 Å². The zero-order valence-corrected chi connectivity index (χ0v) is 4.96. The van der Waals surface area contributed by atoms with E-state index in [9.17, 15) is 4.79 Å². The summed E-state index contributed by atoms with van der Waals surface area (Å²) in [5, 5.41) is 0. The van der Waals surface area contributed by atoms with Gasteiger partial charge < -0.3 is 0 Å². The fourth-order valence-corrected chi connectivity index (χ4v) is 0.205. The van der Waals surface area contributed by atoms with Gasteiger partial charge in [-0.15, -0.1) is 0 Å². The van der Waals surface area contributed by atoms with Crippen LogP contribution in [-0.2, 0) is 4.79 Å². The van der Waals surface area contributed by atoms with E-state index in [0.29, 0.717) is 0 Å². The third kappa shape index (κ3) is 5.01. The fourth-order valence-electron chi connectivity index (χ4n) is 0.205. The normalized spacial score (nSPS) is 11.2. The van der Waals surface area contributed by atoms with Crippen LogP contribution in [0.3, 0.4) is 0 Å². The van der Waals surface area contributed by atoms with E-state index >= 15 is 0 Å². The largest absolute Gasteiger partial charge is 0.293 e. The maximum atomic E-state index is 10.1. The van der Waals surface area contributed by atoms with Crippen molar-refractivity contribution in [3.8, 4) is 0 Å². The van der Waals surface area contributed by atoms with Gasteiger partial charge in [0.15, 0.2) is 5.78 Å². The Bertz CT molecular complexity index is 126. The fraction of sp³-hybridized carbons (Fsp3) is 0.400. The van der Waals surface area contributed by atoms with Crippen molar-refractivity contribution in [3.05, 3.63) is 0 Å². The molecule has 0 spiro atoms. The Kier molecular flexibility index (Phi) is 3.66. The summed E-state index contributed by atoms with van der Waals surface area (Å²) in [6.45, 7) is 1.44. The molecule has 0 aromatic rings. The van der Waals surface area contributed by atoms with Crippen molar-refractivity contribution in [1.29, 1.82) is 0 Å². The van der Waals surface area contributed by atoms with E-state index in [1.54, 1.807) is 7.05 Å². The van der Waals surface area contributed by atoms with Gasteiger partial charge in [-0.3, -0.25) is 9.79 Å². The number of Topliss-reactive ketones (excluding diaryl/α,β-unsaturated/α-hetero) is 1. The van der Waals surface area contributed by atoms with Crippen molar-refractivity contribution in [2.24, 2.45) is 9.98 Å². The monoisotopic (exact) mass is 112 g/mol. The van der Waals surface area contributed by atoms with Crippen LogP contribution in [0.25, 0.3) is 0 Å². The van der Waals surface area contributed by atoms with Crippen LogP contribution in [0.4, 0.5) is 0 Å². The molecule has 0 amide bonds. The second kappa shape index (κ2) is 4.18. The number of nitrogens with zero attached hydrogens (tertiary/aromatic N) is 2. The minimum Gasteiger partial charge on any atom is -0.293 e. The second-order valence-electron chi connectivity index (χ2n) is 1.26. The minimum absolute atomic E-state index is 0.0649. The number of aliphatic imine (C=N–C) groups is 2. The Morgan fingerprint density at radius 3 is 2.62 bits per heavy atom. The molecule has 44 valence electrons. The summed E-state index contributed by atoms with van der Waals surface area (Å²) in [6.07, 6.45) is 2.54. The highest BCUT2D eigenvalue weighted by Crippen LogP contribution is 1.60. The molecule has 0 saturated carbocycles. The third-order valence-electron chi connectivity index (χ3n) is 0.438. The van der Waals surface area contributed by atoms with Gasteiger partial charge in [-0.2, -0.15) is 0 Å². The molecule has 0 aliphatic heterocycles. The van der Waals surface area contributed by atoms with Gasteiger partial charge in [-0.25, -0.2) is 4.99 Å². The van der Waals surface area contributed by atoms with Crippen molar-refractivity contribution in [2.45, 2.75) is 6.92 Å². The average molecular weight is 112 g/mol. The summed E-state index contributed by atoms with van der Waals surface area (Å²) in [7, 11) is 1.59. The molecule has 0 radical (unpaired) electrons. The molecule has 3 heteroatoms. The number of hydrogen-bond acceptors (Lipinski definition) is 2. The van der Waals surface area contributed by atoms with E-state index in [-0.39, 0.29) is 5.78 Å². The summed E-state index contributed by atoms with van der Waals surface area (Å²) in [5.41, 5.74) is 0. The molecule has 3 nitrogen and oxygen atoms in total. The zero-order chi connectivity index (χ0) is 6.41. The van der Waals surface area contributed by atoms with Crippen LogP contribution in [0, 0.1) is 0 Å². The van der Waals surface area contributed by atoms with Crippen LogP contribution in [0.2, 0.25) is 0 Å². The third-order valence-corrected chi connectivity index (χ3v) is 0.438. The first-order valence-corrected chi connectivity index (χ1v) is 2.21. The van der Waals surface area contributed by atoms with Crippen molar-refractivity contribution in [3.63, 3.8) is 0 Å². The number of hydrogen-bond donors (Lipinski definition) is 0. The predicted molar refractivity (Wildman–Crippen MR) is 33.6 cm³/mol. The molecule has 0 heterocycles. The Morgan fingerprint density at radius 2 is 2.25 bits per heavy atom. The second-order valence-corrected chi connectivity index (χ2v) is 1.26. The topological polar surface area (TPSA) is 41.8 Å². The average Bonchev–Trinajstić information content (AvgIpc) is 1.66. The summed E-state index contributed by atoms with van der Waals surface area (Å²) in [4.78, 5) is 17.2. The Hall–Kier alpha value is -0.990. The summed E-state index contributed by atoms with van der Waals surface area (Å²) in [5.74, 6) is -0.0649. The molecular weight excluding hydrogens is 104 g/mol. The van der Waals surface area contributed by atoms with E-state index < -0.39 is 0 Å². The van der Waals surface area contributed by atoms with Gasteiger partial charge >= 0.3 is 0 Å². The van der Waals surface area contributed by atoms with Crippen molar-refractivity contribution < 1.29 is 4.79 Å². The van der Waals surface area contributed by atoms with Gasteiger partial charge in [-0.05, 0) is 0 Å². The molecule has 0 aliphatic carbocycles. The molecular formula is C5H8N2O. The lowest BCUT2D eigenvalue weighted by Gasteiger charge is -1.72. The first-order valence-electron chi connectivity index (χ1n) is 2.21. The van der Waals surface area contributed by atoms with E-state index in [1.165, 1.54) is 19.5 Å². The maximum Gasteiger partial charge on any atom is 0.170 e. The van der Waals surface area contributed by atoms with Crippen LogP contribution in [0.15, 0.2) is 9.98 Å². The lowest BCUT2D eigenvalue weighted by atomic mass is 10.5. The first kappa shape index (κ1) is 7.01. The highest BCUT2D eigenvalue weighted by Gasteiger charge is 1.76. The van der Waals surface area contributed by atoms with Crippen molar-refractivity contribution >= 4 is 18.3 Å². The number of ketones is 1. The molecule has 8 heavy (non-hydrogen) atoms. The highest BCUT2D eigenvalue weighted by molar-refractivity contribution is 6.27. The molecule has 0 aliphatic rings. The molecule has 0 atom stereocenters. The van der Waals surface area contributed by atoms with Gasteiger partial charge in [0.25, 0.3) is 0 Å². The van der Waals surface area contributed by atoms with Crippen LogP contribution in [0.5, 0.6) is 0 Å². The quantitative estimate of drug-likeness (QED) is 0.374. The van der Waals surface area contributed by atoms with E-state index in [0.717, 1.165) is 0 Å². The summed E-state index contributed by atoms with van der Waals surface area (Å²) in [6, 6.07) is 0. The first-order chi connectivity index (χ1) is 3.77. The minimum atomic E-state index is -0.0649. The number of carbonyl (C=O) groups is 1. The smallest absolute Gasteiger partial charge is 0.170 e. The molecule has 0 N–H and O–H groups in total. The lowest BCUT2D eigenvalue weighted by molar-refractivity contribution is -0.110. The molecule has 0 fully saturated rings. The van der Waals surface area contributed by atoms with Crippen LogP contribution >= 0.6 is 0 Å². The maximum absolute atomic E-state index is 10.1. The summed E-state index contributed by atoms with van der Waals surface area (Å²) < 4.78 is 0. The van der Waals surface area contributed by atoms with Gasteiger partial charge in [0.1, 0.15) is 6.34 Å². The van der Waals surface area contributed by atoms with Gasteiger partial charge in [0, 0.05) is 14.0 Å². The van der Waals surface area contributed by atoms with Crippen LogP contribution in [0.1, 0.15) is 6.92 Å². The molecule has 0 bridgehead atoms. The predicted octanol–water partition coefficient (Wildman–Crippen LogP) is 0.304. The Labute approximate surface area is 48.2 Å². The van der Waals surface area contributed by atoms with Crippen molar-refractivity contribution in [2.75, 3.05) is 7.05 Å². The zero-order valence-electron chi connectivity index (χ0n) is 4.96. The SMILES string of the molecule is CN=CN=CC(C)=O. The molecule has 0 unspecified atom stereocenters. The molecule has 0 saturated heterocycles. The number of rotatable bonds is 2. The van der Waals surface area contributed by atoms with E-state index in [4.69, 9.17) is 0 Å². The van der Waals surface area contributed by atoms with Crippen LogP contribution in [-0.4, -0.2) is 25.4 Å². The van der Waals surface area contributed by atoms with Crippen LogP contribution < -0.4 is 0 Å². The number of carbonyl (C=O) groups excluding carboxylic acids is 1. The summed E-state index contributed by atoms with van der Waals surface area (Å²) >= 11 is 0. The Morgan fingerprint density at radius 1 is 1.62 bits per heavy atom. The standard InChI is InChI=1S/C5H8N2O/c1-5(8)3-7-4-6-2/h3-4H,1-2H3. The van der Waals surface area contributed by atoms with E-state index in [1.807, 2.05) is 0 Å². The lowest BCUT2D eigenvalue weighted by Crippen LogP contribution is -1.88. The Balaban J connectivity index is 3.50. The molecule has 0 aromatic heterocycles. The van der Waals surface area contributed by atoms with Gasteiger partial charge in [0.05, 0.1) is 6.21 Å². The molecule has 0 rings (SSSR count). The van der Waals surface area contributed by atoms with E-state index in [2.05, 4.69) is 9.98 Å². The van der Waals surface area contributed by atoms with Gasteiger partial charge in [-0.1, -0.05) is 0 Å². The molecule has 0 aromatic carbocycles.